The number of hydrogen-bond acceptors (Lipinski definition) is 0. The highest BCUT2D eigenvalue weighted by atomic mass is 28.3. The molecule has 0 radical (unpaired) electrons. The Kier molecular flexibility index (Phi) is 7.15. The monoisotopic (exact) mass is 780 g/mol. The zero-order chi connectivity index (χ0) is 39.9. The van der Waals surface area contributed by atoms with Crippen LogP contribution in [0.15, 0.2) is 198 Å². The molecule has 0 amide bonds. The fourth-order valence-corrected chi connectivity index (χ4v) is 15.1. The lowest BCUT2D eigenvalue weighted by molar-refractivity contribution is 0.567. The number of rotatable bonds is 3. The van der Waals surface area contributed by atoms with E-state index in [1.807, 2.05) is 0 Å². The first kappa shape index (κ1) is 34.3. The third kappa shape index (κ3) is 4.79. The van der Waals surface area contributed by atoms with E-state index in [1.165, 1.54) is 104 Å². The Morgan fingerprint density at radius 3 is 2.08 bits per heavy atom. The summed E-state index contributed by atoms with van der Waals surface area (Å²) >= 11 is 0. The molecule has 4 unspecified atom stereocenters. The molecule has 0 saturated carbocycles. The fourth-order valence-electron chi connectivity index (χ4n) is 12.0. The predicted octanol–water partition coefficient (Wildman–Crippen LogP) is 12.1. The summed E-state index contributed by atoms with van der Waals surface area (Å²) in [6.07, 6.45) is 26.2. The predicted molar refractivity (Wildman–Crippen MR) is 259 cm³/mol. The molecule has 284 valence electrons. The summed E-state index contributed by atoms with van der Waals surface area (Å²) in [6.45, 7) is 7.56. The Labute approximate surface area is 352 Å². The van der Waals surface area contributed by atoms with Crippen LogP contribution >= 0.6 is 0 Å². The molecule has 0 spiro atoms. The van der Waals surface area contributed by atoms with Crippen molar-refractivity contribution >= 4 is 68.5 Å². The van der Waals surface area contributed by atoms with Crippen molar-refractivity contribution in [2.24, 2.45) is 17.8 Å². The van der Waals surface area contributed by atoms with Crippen molar-refractivity contribution in [3.8, 4) is 22.3 Å². The van der Waals surface area contributed by atoms with Gasteiger partial charge in [0, 0.05) is 17.8 Å². The highest BCUT2D eigenvalue weighted by Gasteiger charge is 2.40. The summed E-state index contributed by atoms with van der Waals surface area (Å²) in [6, 6.07) is 47.0. The first-order valence-corrected chi connectivity index (χ1v) is 24.8. The molecule has 0 saturated heterocycles. The molecule has 0 aromatic heterocycles. The van der Waals surface area contributed by atoms with Crippen molar-refractivity contribution in [2.75, 3.05) is 0 Å². The molecule has 0 N–H and O–H groups in total. The zero-order valence-electron chi connectivity index (χ0n) is 34.2. The Bertz CT molecular complexity index is 3480. The van der Waals surface area contributed by atoms with E-state index in [2.05, 4.69) is 208 Å². The molecule has 0 nitrogen and oxygen atoms in total. The first-order valence-electron chi connectivity index (χ1n) is 21.8. The maximum Gasteiger partial charge on any atom is 0.113 e. The van der Waals surface area contributed by atoms with Crippen molar-refractivity contribution < 1.29 is 0 Å². The van der Waals surface area contributed by atoms with Gasteiger partial charge in [0.2, 0.25) is 0 Å². The fraction of sp³-hybridized carbons (Fsp3) is 0.119. The summed E-state index contributed by atoms with van der Waals surface area (Å²) in [5.74, 6) is 1.23. The van der Waals surface area contributed by atoms with Crippen LogP contribution in [0.5, 0.6) is 0 Å². The van der Waals surface area contributed by atoms with Gasteiger partial charge in [0.15, 0.2) is 0 Å². The van der Waals surface area contributed by atoms with Crippen LogP contribution in [-0.2, 0) is 0 Å². The van der Waals surface area contributed by atoms with Gasteiger partial charge < -0.3 is 0 Å². The molecule has 4 atom stereocenters. The van der Waals surface area contributed by atoms with Crippen LogP contribution in [0.4, 0.5) is 0 Å². The molecule has 5 aliphatic carbocycles. The van der Waals surface area contributed by atoms with Crippen LogP contribution in [0.1, 0.15) is 24.0 Å². The van der Waals surface area contributed by atoms with Crippen molar-refractivity contribution in [3.05, 3.63) is 220 Å². The Morgan fingerprint density at radius 1 is 0.500 bits per heavy atom. The maximum atomic E-state index is 2.68. The van der Waals surface area contributed by atoms with E-state index < -0.39 is 8.07 Å². The third-order valence-electron chi connectivity index (χ3n) is 14.9. The van der Waals surface area contributed by atoms with E-state index in [9.17, 15) is 0 Å². The molecule has 1 heteroatoms. The van der Waals surface area contributed by atoms with Gasteiger partial charge in [-0.3, -0.25) is 0 Å². The molecular formula is C59H44Si. The molecule has 1 heterocycles. The van der Waals surface area contributed by atoms with E-state index in [0.717, 1.165) is 0 Å². The van der Waals surface area contributed by atoms with Gasteiger partial charge in [-0.25, -0.2) is 0 Å². The second-order valence-corrected chi connectivity index (χ2v) is 22.8. The molecule has 13 rings (SSSR count). The normalized spacial score (nSPS) is 22.4. The van der Waals surface area contributed by atoms with Gasteiger partial charge >= 0.3 is 0 Å². The quantitative estimate of drug-likeness (QED) is 0.124. The van der Waals surface area contributed by atoms with Crippen molar-refractivity contribution in [2.45, 2.75) is 25.9 Å². The summed E-state index contributed by atoms with van der Waals surface area (Å²) < 4.78 is 0. The van der Waals surface area contributed by atoms with E-state index in [1.54, 1.807) is 10.4 Å². The van der Waals surface area contributed by atoms with Crippen LogP contribution in [0, 0.1) is 17.8 Å². The molecule has 0 bridgehead atoms. The van der Waals surface area contributed by atoms with Crippen LogP contribution in [-0.4, -0.2) is 8.07 Å². The van der Waals surface area contributed by atoms with Crippen LogP contribution in [0.25, 0.3) is 72.3 Å². The SMILES string of the molecule is CC1C=c2ccccc2=CC1c1c2cc(C3=C4C=CC=C5C=CC6=CC=CC(=C3)C6C54)ccc2c(-c2ccc3ccccc3c2)c2cc3c(cc12)[Si](C)(C)c1ccccc1-3. The van der Waals surface area contributed by atoms with Gasteiger partial charge in [0.1, 0.15) is 8.07 Å². The second kappa shape index (κ2) is 12.5. The van der Waals surface area contributed by atoms with Gasteiger partial charge in [0.25, 0.3) is 0 Å². The van der Waals surface area contributed by atoms with Crippen molar-refractivity contribution in [1.82, 2.24) is 0 Å². The molecule has 7 aromatic carbocycles. The number of fused-ring (bicyclic) bond motifs is 7. The number of hydrogen-bond donors (Lipinski definition) is 0. The van der Waals surface area contributed by atoms with Crippen molar-refractivity contribution in [3.63, 3.8) is 0 Å². The minimum Gasteiger partial charge on any atom is -0.0729 e. The Balaban J connectivity index is 1.17. The largest absolute Gasteiger partial charge is 0.113 e. The van der Waals surface area contributed by atoms with Crippen molar-refractivity contribution in [1.29, 1.82) is 0 Å². The van der Waals surface area contributed by atoms with Crippen LogP contribution in [0.3, 0.4) is 0 Å². The second-order valence-electron chi connectivity index (χ2n) is 18.4. The van der Waals surface area contributed by atoms with Gasteiger partial charge in [-0.1, -0.05) is 190 Å². The summed E-state index contributed by atoms with van der Waals surface area (Å²) in [5, 5.41) is 13.8. The Hall–Kier alpha value is -6.54. The standard InChI is InChI=1S/C59H44Si/c1-35-28-39-13-6-7-15-41(39)30-48(35)59-51-31-42(49-32-43-18-10-16-37-23-24-38-17-11-20-46(49)58(38)56(37)43)26-27-47(51)57(44-25-22-36-12-4-5-14-40(36)29-44)52-33-50-45-19-8-9-21-54(45)60(2,3)55(50)34-53(52)59/h4-35,48,56,58H,1-3H3. The van der Waals surface area contributed by atoms with Gasteiger partial charge in [-0.05, 0) is 138 Å². The summed E-state index contributed by atoms with van der Waals surface area (Å²) in [4.78, 5) is 0. The van der Waals surface area contributed by atoms with Gasteiger partial charge in [-0.2, -0.15) is 0 Å². The smallest absolute Gasteiger partial charge is 0.0729 e. The van der Waals surface area contributed by atoms with E-state index in [-0.39, 0.29) is 5.92 Å². The first-order chi connectivity index (χ1) is 29.4. The van der Waals surface area contributed by atoms with E-state index >= 15 is 0 Å². The number of allylic oxidation sites excluding steroid dienone is 14. The zero-order valence-corrected chi connectivity index (χ0v) is 35.2. The maximum absolute atomic E-state index is 2.68. The topological polar surface area (TPSA) is 0 Å². The minimum absolute atomic E-state index is 0.200. The highest BCUT2D eigenvalue weighted by Crippen LogP contribution is 2.53. The lowest BCUT2D eigenvalue weighted by Crippen LogP contribution is -2.49. The lowest BCUT2D eigenvalue weighted by atomic mass is 9.62. The average Bonchev–Trinajstić information content (AvgIpc) is 3.51. The van der Waals surface area contributed by atoms with Crippen LogP contribution < -0.4 is 20.8 Å². The highest BCUT2D eigenvalue weighted by molar-refractivity contribution is 7.04. The molecule has 6 aliphatic rings. The molecular weight excluding hydrogens is 737 g/mol. The van der Waals surface area contributed by atoms with Crippen LogP contribution in [0.2, 0.25) is 13.1 Å². The molecule has 1 aliphatic heterocycles. The lowest BCUT2D eigenvalue weighted by Gasteiger charge is -2.41. The van der Waals surface area contributed by atoms with Gasteiger partial charge in [-0.15, -0.1) is 0 Å². The van der Waals surface area contributed by atoms with Gasteiger partial charge in [0.05, 0.1) is 0 Å². The summed E-state index contributed by atoms with van der Waals surface area (Å²) in [5.41, 5.74) is 15.3. The average molecular weight is 781 g/mol. The molecule has 60 heavy (non-hydrogen) atoms. The third-order valence-corrected chi connectivity index (χ3v) is 18.4. The van der Waals surface area contributed by atoms with E-state index in [0.29, 0.717) is 17.8 Å². The Morgan fingerprint density at radius 2 is 1.22 bits per heavy atom. The molecule has 0 fully saturated rings. The number of benzene rings is 7. The minimum atomic E-state index is -1.99. The molecule has 7 aromatic rings. The van der Waals surface area contributed by atoms with E-state index in [4.69, 9.17) is 0 Å². The summed E-state index contributed by atoms with van der Waals surface area (Å²) in [7, 11) is -1.99.